The van der Waals surface area contributed by atoms with Crippen LogP contribution in [0.25, 0.3) is 0 Å². The van der Waals surface area contributed by atoms with Crippen molar-refractivity contribution in [2.75, 3.05) is 5.75 Å². The van der Waals surface area contributed by atoms with E-state index >= 15 is 0 Å². The summed E-state index contributed by atoms with van der Waals surface area (Å²) in [5.41, 5.74) is 0.354. The minimum atomic E-state index is -4.25. The maximum atomic E-state index is 12.4. The molecule has 1 atom stereocenters. The number of thioether (sulfide) groups is 1. The van der Waals surface area contributed by atoms with Crippen molar-refractivity contribution in [3.8, 4) is 0 Å². The van der Waals surface area contributed by atoms with E-state index in [1.807, 2.05) is 0 Å². The smallest absolute Gasteiger partial charge is 0.166 e. The molecule has 1 heterocycles. The van der Waals surface area contributed by atoms with Crippen LogP contribution >= 0.6 is 27.7 Å². The Labute approximate surface area is 110 Å². The Kier molecular flexibility index (Phi) is 3.88. The molecule has 1 aliphatic heterocycles. The van der Waals surface area contributed by atoms with Crippen molar-refractivity contribution in [3.63, 3.8) is 0 Å². The molecule has 0 N–H and O–H groups in total. The molecule has 17 heavy (non-hydrogen) atoms. The van der Waals surface area contributed by atoms with Crippen LogP contribution in [0.3, 0.4) is 0 Å². The van der Waals surface area contributed by atoms with Crippen LogP contribution in [0.15, 0.2) is 34.2 Å². The van der Waals surface area contributed by atoms with E-state index in [1.54, 1.807) is 23.9 Å². The highest BCUT2D eigenvalue weighted by atomic mass is 79.9. The SMILES string of the molecule is FC(F)(F)c1ccc(CC2CSC=C2Br)cc1. The molecule has 5 heteroatoms. The average Bonchev–Trinajstić information content (AvgIpc) is 2.64. The lowest BCUT2D eigenvalue weighted by molar-refractivity contribution is -0.137. The van der Waals surface area contributed by atoms with E-state index in [-0.39, 0.29) is 0 Å². The molecule has 1 unspecified atom stereocenters. The maximum absolute atomic E-state index is 12.4. The Morgan fingerprint density at radius 2 is 1.88 bits per heavy atom. The lowest BCUT2D eigenvalue weighted by Gasteiger charge is -2.11. The molecule has 1 aromatic rings. The Balaban J connectivity index is 2.06. The van der Waals surface area contributed by atoms with Gasteiger partial charge in [0.05, 0.1) is 5.56 Å². The fourth-order valence-electron chi connectivity index (χ4n) is 1.69. The topological polar surface area (TPSA) is 0 Å². The second-order valence-electron chi connectivity index (χ2n) is 3.93. The predicted octanol–water partition coefficient (Wildman–Crippen LogP) is 4.85. The summed E-state index contributed by atoms with van der Waals surface area (Å²) >= 11 is 5.20. The summed E-state index contributed by atoms with van der Waals surface area (Å²) in [5.74, 6) is 1.37. The van der Waals surface area contributed by atoms with Crippen LogP contribution in [0.5, 0.6) is 0 Å². The van der Waals surface area contributed by atoms with Crippen molar-refractivity contribution in [2.24, 2.45) is 5.92 Å². The zero-order chi connectivity index (χ0) is 12.5. The van der Waals surface area contributed by atoms with Gasteiger partial charge in [-0.05, 0) is 29.5 Å². The fraction of sp³-hybridized carbons (Fsp3) is 0.333. The largest absolute Gasteiger partial charge is 0.416 e. The zero-order valence-electron chi connectivity index (χ0n) is 8.80. The van der Waals surface area contributed by atoms with Crippen molar-refractivity contribution in [2.45, 2.75) is 12.6 Å². The van der Waals surface area contributed by atoms with Crippen LogP contribution in [-0.4, -0.2) is 5.75 Å². The predicted molar refractivity (Wildman–Crippen MR) is 68.1 cm³/mol. The van der Waals surface area contributed by atoms with E-state index in [1.165, 1.54) is 0 Å². The lowest BCUT2D eigenvalue weighted by Crippen LogP contribution is -2.07. The molecule has 0 aliphatic carbocycles. The Morgan fingerprint density at radius 3 is 2.35 bits per heavy atom. The summed E-state index contributed by atoms with van der Waals surface area (Å²) in [5, 5.41) is 2.05. The summed E-state index contributed by atoms with van der Waals surface area (Å²) in [6, 6.07) is 5.42. The van der Waals surface area contributed by atoms with Crippen molar-refractivity contribution in [1.29, 1.82) is 0 Å². The van der Waals surface area contributed by atoms with E-state index in [9.17, 15) is 13.2 Å². The van der Waals surface area contributed by atoms with Gasteiger partial charge in [0, 0.05) is 16.2 Å². The molecule has 2 rings (SSSR count). The molecule has 0 nitrogen and oxygen atoms in total. The van der Waals surface area contributed by atoms with Crippen molar-refractivity contribution in [3.05, 3.63) is 45.3 Å². The Morgan fingerprint density at radius 1 is 1.24 bits per heavy atom. The van der Waals surface area contributed by atoms with Gasteiger partial charge in [0.15, 0.2) is 0 Å². The Hall–Kier alpha value is -0.420. The first-order valence-corrected chi connectivity index (χ1v) is 6.94. The number of allylic oxidation sites excluding steroid dienone is 1. The number of benzene rings is 1. The first kappa shape index (κ1) is 13.0. The number of halogens is 4. The summed E-state index contributed by atoms with van der Waals surface area (Å²) in [6.07, 6.45) is -3.47. The average molecular weight is 323 g/mol. The van der Waals surface area contributed by atoms with Gasteiger partial charge in [-0.1, -0.05) is 28.1 Å². The summed E-state index contributed by atoms with van der Waals surface area (Å²) in [7, 11) is 0. The van der Waals surface area contributed by atoms with E-state index in [0.29, 0.717) is 5.92 Å². The van der Waals surface area contributed by atoms with Crippen molar-refractivity contribution < 1.29 is 13.2 Å². The molecular formula is C12H10BrF3S. The summed E-state index contributed by atoms with van der Waals surface area (Å²) in [6.45, 7) is 0. The second kappa shape index (κ2) is 5.06. The van der Waals surface area contributed by atoms with E-state index < -0.39 is 11.7 Å². The summed E-state index contributed by atoms with van der Waals surface area (Å²) < 4.78 is 38.2. The lowest BCUT2D eigenvalue weighted by atomic mass is 10.00. The van der Waals surface area contributed by atoms with Gasteiger partial charge in [0.2, 0.25) is 0 Å². The number of rotatable bonds is 2. The van der Waals surface area contributed by atoms with Crippen LogP contribution < -0.4 is 0 Å². The molecule has 0 amide bonds. The highest BCUT2D eigenvalue weighted by molar-refractivity contribution is 9.11. The molecule has 1 aromatic carbocycles. The third-order valence-corrected chi connectivity index (χ3v) is 4.84. The van der Waals surface area contributed by atoms with Gasteiger partial charge in [0.25, 0.3) is 0 Å². The molecule has 0 fully saturated rings. The fourth-order valence-corrected chi connectivity index (χ4v) is 3.60. The van der Waals surface area contributed by atoms with Crippen molar-refractivity contribution >= 4 is 27.7 Å². The molecule has 1 aliphatic rings. The first-order valence-electron chi connectivity index (χ1n) is 5.10. The summed E-state index contributed by atoms with van der Waals surface area (Å²) in [4.78, 5) is 0. The quantitative estimate of drug-likeness (QED) is 0.750. The van der Waals surface area contributed by atoms with E-state index in [0.717, 1.165) is 34.4 Å². The van der Waals surface area contributed by atoms with Crippen LogP contribution in [0.1, 0.15) is 11.1 Å². The van der Waals surface area contributed by atoms with Crippen LogP contribution in [-0.2, 0) is 12.6 Å². The molecular weight excluding hydrogens is 313 g/mol. The van der Waals surface area contributed by atoms with Gasteiger partial charge in [-0.2, -0.15) is 13.2 Å². The second-order valence-corrected chi connectivity index (χ2v) is 5.75. The molecule has 0 spiro atoms. The number of hydrogen-bond donors (Lipinski definition) is 0. The standard InChI is InChI=1S/C12H10BrF3S/c13-11-7-17-6-9(11)5-8-1-3-10(4-2-8)12(14,15)16/h1-4,7,9H,5-6H2. The van der Waals surface area contributed by atoms with Gasteiger partial charge in [-0.15, -0.1) is 11.8 Å². The van der Waals surface area contributed by atoms with Crippen LogP contribution in [0.2, 0.25) is 0 Å². The highest BCUT2D eigenvalue weighted by Gasteiger charge is 2.30. The normalized spacial score (nSPS) is 20.5. The molecule has 0 saturated heterocycles. The van der Waals surface area contributed by atoms with E-state index in [2.05, 4.69) is 21.3 Å². The molecule has 0 bridgehead atoms. The Bertz CT molecular complexity index is 422. The van der Waals surface area contributed by atoms with Gasteiger partial charge in [-0.3, -0.25) is 0 Å². The van der Waals surface area contributed by atoms with Crippen LogP contribution in [0, 0.1) is 5.92 Å². The van der Waals surface area contributed by atoms with Gasteiger partial charge in [-0.25, -0.2) is 0 Å². The molecule has 0 radical (unpaired) electrons. The number of hydrogen-bond acceptors (Lipinski definition) is 1. The highest BCUT2D eigenvalue weighted by Crippen LogP contribution is 2.35. The molecule has 0 aromatic heterocycles. The molecule has 92 valence electrons. The monoisotopic (exact) mass is 322 g/mol. The van der Waals surface area contributed by atoms with Crippen molar-refractivity contribution in [1.82, 2.24) is 0 Å². The maximum Gasteiger partial charge on any atom is 0.416 e. The van der Waals surface area contributed by atoms with Crippen LogP contribution in [0.4, 0.5) is 13.2 Å². The first-order chi connectivity index (χ1) is 7.97. The number of alkyl halides is 3. The zero-order valence-corrected chi connectivity index (χ0v) is 11.2. The minimum absolute atomic E-state index is 0.386. The van der Waals surface area contributed by atoms with E-state index in [4.69, 9.17) is 0 Å². The minimum Gasteiger partial charge on any atom is -0.166 e. The van der Waals surface area contributed by atoms with Gasteiger partial charge in [0.1, 0.15) is 0 Å². The molecule has 0 saturated carbocycles. The third kappa shape index (κ3) is 3.28. The van der Waals surface area contributed by atoms with Gasteiger partial charge < -0.3 is 0 Å². The van der Waals surface area contributed by atoms with Gasteiger partial charge >= 0.3 is 6.18 Å². The third-order valence-electron chi connectivity index (χ3n) is 2.65.